The van der Waals surface area contributed by atoms with Gasteiger partial charge in [0.15, 0.2) is 0 Å². The van der Waals surface area contributed by atoms with E-state index in [9.17, 15) is 4.79 Å². The first-order valence-corrected chi connectivity index (χ1v) is 9.23. The molecule has 0 aliphatic rings. The first kappa shape index (κ1) is 15.5. The van der Waals surface area contributed by atoms with Crippen molar-refractivity contribution in [3.05, 3.63) is 35.9 Å². The topological polar surface area (TPSA) is 46.5 Å². The van der Waals surface area contributed by atoms with Gasteiger partial charge in [0.25, 0.3) is 0 Å². The predicted molar refractivity (Wildman–Crippen MR) is 80.9 cm³/mol. The lowest BCUT2D eigenvalue weighted by molar-refractivity contribution is -0.131. The molecule has 1 N–H and O–H groups in total. The molecule has 1 aromatic carbocycles. The second-order valence-corrected chi connectivity index (χ2v) is 10.8. The highest BCUT2D eigenvalue weighted by atomic mass is 28.4. The van der Waals surface area contributed by atoms with Gasteiger partial charge in [-0.1, -0.05) is 32.9 Å². The maximum atomic E-state index is 10.5. The van der Waals surface area contributed by atoms with E-state index in [2.05, 4.69) is 33.9 Å². The van der Waals surface area contributed by atoms with Gasteiger partial charge >= 0.3 is 5.97 Å². The summed E-state index contributed by atoms with van der Waals surface area (Å²) >= 11 is 0. The Hall–Kier alpha value is -1.55. The SMILES string of the molecule is CC(C)(C)[Si](C)(C)Oc1cccc(C=CC(=O)O)c1. The molecule has 19 heavy (non-hydrogen) atoms. The van der Waals surface area contributed by atoms with Crippen molar-refractivity contribution in [2.24, 2.45) is 0 Å². The molecule has 0 saturated heterocycles. The average Bonchev–Trinajstić information content (AvgIpc) is 2.24. The number of rotatable bonds is 4. The van der Waals surface area contributed by atoms with Gasteiger partial charge < -0.3 is 9.53 Å². The van der Waals surface area contributed by atoms with Crippen molar-refractivity contribution >= 4 is 20.4 Å². The summed E-state index contributed by atoms with van der Waals surface area (Å²) in [5.74, 6) is -0.144. The molecule has 0 aliphatic carbocycles. The van der Waals surface area contributed by atoms with Crippen molar-refractivity contribution in [1.82, 2.24) is 0 Å². The first-order chi connectivity index (χ1) is 8.62. The third kappa shape index (κ3) is 4.56. The number of benzene rings is 1. The first-order valence-electron chi connectivity index (χ1n) is 6.32. The summed E-state index contributed by atoms with van der Waals surface area (Å²) in [6, 6.07) is 7.53. The van der Waals surface area contributed by atoms with Crippen LogP contribution in [0.1, 0.15) is 26.3 Å². The Morgan fingerprint density at radius 1 is 1.32 bits per heavy atom. The fraction of sp³-hybridized carbons (Fsp3) is 0.400. The molecule has 0 radical (unpaired) electrons. The number of carboxylic acids is 1. The smallest absolute Gasteiger partial charge is 0.328 e. The molecule has 0 aliphatic heterocycles. The van der Waals surface area contributed by atoms with E-state index >= 15 is 0 Å². The van der Waals surface area contributed by atoms with Crippen LogP contribution in [0.5, 0.6) is 5.75 Å². The number of carbonyl (C=O) groups is 1. The molecular formula is C15H22O3Si. The van der Waals surface area contributed by atoms with Crippen LogP contribution in [0.3, 0.4) is 0 Å². The summed E-state index contributed by atoms with van der Waals surface area (Å²) in [6.45, 7) is 10.9. The summed E-state index contributed by atoms with van der Waals surface area (Å²) in [5, 5.41) is 8.76. The van der Waals surface area contributed by atoms with Crippen molar-refractivity contribution in [2.45, 2.75) is 38.9 Å². The van der Waals surface area contributed by atoms with E-state index in [0.717, 1.165) is 17.4 Å². The van der Waals surface area contributed by atoms with E-state index < -0.39 is 14.3 Å². The van der Waals surface area contributed by atoms with Crippen LogP contribution in [-0.2, 0) is 4.79 Å². The van der Waals surface area contributed by atoms with Crippen molar-refractivity contribution in [3.8, 4) is 5.75 Å². The van der Waals surface area contributed by atoms with E-state index in [1.165, 1.54) is 0 Å². The van der Waals surface area contributed by atoms with E-state index in [1.54, 1.807) is 6.08 Å². The largest absolute Gasteiger partial charge is 0.543 e. The van der Waals surface area contributed by atoms with Gasteiger partial charge in [-0.25, -0.2) is 4.79 Å². The average molecular weight is 278 g/mol. The number of hydrogen-bond donors (Lipinski definition) is 1. The third-order valence-corrected chi connectivity index (χ3v) is 7.81. The van der Waals surface area contributed by atoms with Crippen molar-refractivity contribution in [3.63, 3.8) is 0 Å². The summed E-state index contributed by atoms with van der Waals surface area (Å²) in [7, 11) is -1.85. The van der Waals surface area contributed by atoms with E-state index in [-0.39, 0.29) is 5.04 Å². The predicted octanol–water partition coefficient (Wildman–Crippen LogP) is 4.17. The summed E-state index contributed by atoms with van der Waals surface area (Å²) in [5.41, 5.74) is 0.832. The molecule has 0 saturated carbocycles. The molecule has 3 nitrogen and oxygen atoms in total. The van der Waals surface area contributed by atoms with Crippen LogP contribution in [0.25, 0.3) is 6.08 Å². The van der Waals surface area contributed by atoms with Crippen LogP contribution in [0.2, 0.25) is 18.1 Å². The van der Waals surface area contributed by atoms with Crippen LogP contribution in [-0.4, -0.2) is 19.4 Å². The highest BCUT2D eigenvalue weighted by Crippen LogP contribution is 2.37. The monoisotopic (exact) mass is 278 g/mol. The lowest BCUT2D eigenvalue weighted by atomic mass is 10.2. The van der Waals surface area contributed by atoms with Gasteiger partial charge in [-0.15, -0.1) is 0 Å². The number of carboxylic acid groups (broad SMARTS) is 1. The Labute approximate surface area is 116 Å². The maximum Gasteiger partial charge on any atom is 0.328 e. The van der Waals surface area contributed by atoms with E-state index in [0.29, 0.717) is 0 Å². The van der Waals surface area contributed by atoms with Crippen molar-refractivity contribution in [2.75, 3.05) is 0 Å². The Balaban J connectivity index is 2.92. The Morgan fingerprint density at radius 3 is 2.47 bits per heavy atom. The quantitative estimate of drug-likeness (QED) is 0.664. The lowest BCUT2D eigenvalue weighted by Crippen LogP contribution is -2.43. The second-order valence-electron chi connectivity index (χ2n) is 6.11. The van der Waals surface area contributed by atoms with Gasteiger partial charge in [-0.05, 0) is 41.9 Å². The maximum absolute atomic E-state index is 10.5. The zero-order valence-corrected chi connectivity index (χ0v) is 13.2. The minimum absolute atomic E-state index is 0.139. The standard InChI is InChI=1S/C15H22O3Si/c1-15(2,3)19(4,5)18-13-8-6-7-12(11-13)9-10-14(16)17/h6-11H,1-5H3,(H,16,17). The lowest BCUT2D eigenvalue weighted by Gasteiger charge is -2.36. The molecule has 0 spiro atoms. The van der Waals surface area contributed by atoms with Crippen LogP contribution < -0.4 is 4.43 Å². The molecule has 0 atom stereocenters. The van der Waals surface area contributed by atoms with E-state index in [1.807, 2.05) is 24.3 Å². The summed E-state index contributed by atoms with van der Waals surface area (Å²) in [6.07, 6.45) is 2.70. The molecular weight excluding hydrogens is 256 g/mol. The molecule has 0 bridgehead atoms. The Morgan fingerprint density at radius 2 is 1.95 bits per heavy atom. The van der Waals surface area contributed by atoms with Crippen molar-refractivity contribution in [1.29, 1.82) is 0 Å². The fourth-order valence-corrected chi connectivity index (χ4v) is 2.32. The molecule has 4 heteroatoms. The van der Waals surface area contributed by atoms with Gasteiger partial charge in [0, 0.05) is 6.08 Å². The molecule has 0 aromatic heterocycles. The van der Waals surface area contributed by atoms with E-state index in [4.69, 9.17) is 9.53 Å². The van der Waals surface area contributed by atoms with Crippen LogP contribution >= 0.6 is 0 Å². The van der Waals surface area contributed by atoms with Crippen molar-refractivity contribution < 1.29 is 14.3 Å². The molecule has 0 unspecified atom stereocenters. The number of hydrogen-bond acceptors (Lipinski definition) is 2. The van der Waals surface area contributed by atoms with Gasteiger partial charge in [0.2, 0.25) is 8.32 Å². The zero-order chi connectivity index (χ0) is 14.7. The third-order valence-electron chi connectivity index (χ3n) is 3.46. The normalized spacial score (nSPS) is 12.7. The molecule has 0 fully saturated rings. The van der Waals surface area contributed by atoms with Gasteiger partial charge in [-0.3, -0.25) is 0 Å². The Kier molecular flexibility index (Phi) is 4.58. The summed E-state index contributed by atoms with van der Waals surface area (Å²) in [4.78, 5) is 10.5. The minimum Gasteiger partial charge on any atom is -0.543 e. The summed E-state index contributed by atoms with van der Waals surface area (Å²) < 4.78 is 6.17. The van der Waals surface area contributed by atoms with Gasteiger partial charge in [0.1, 0.15) is 5.75 Å². The second kappa shape index (κ2) is 5.61. The highest BCUT2D eigenvalue weighted by molar-refractivity contribution is 6.74. The van der Waals surface area contributed by atoms with Crippen LogP contribution in [0, 0.1) is 0 Å². The molecule has 0 heterocycles. The van der Waals surface area contributed by atoms with Crippen LogP contribution in [0.4, 0.5) is 0 Å². The van der Waals surface area contributed by atoms with Crippen LogP contribution in [0.15, 0.2) is 30.3 Å². The highest BCUT2D eigenvalue weighted by Gasteiger charge is 2.38. The zero-order valence-electron chi connectivity index (χ0n) is 12.2. The Bertz CT molecular complexity index is 484. The molecule has 1 rings (SSSR count). The fourth-order valence-electron chi connectivity index (χ4n) is 1.30. The molecule has 104 valence electrons. The molecule has 1 aromatic rings. The minimum atomic E-state index is -1.85. The van der Waals surface area contributed by atoms with Gasteiger partial charge in [0.05, 0.1) is 0 Å². The number of aliphatic carboxylic acids is 1. The molecule has 0 amide bonds. The van der Waals surface area contributed by atoms with Gasteiger partial charge in [-0.2, -0.15) is 0 Å².